The fourth-order valence-electron chi connectivity index (χ4n) is 0.890. The molecule has 0 fully saturated rings. The lowest BCUT2D eigenvalue weighted by Crippen LogP contribution is -2.28. The molecule has 0 aliphatic heterocycles. The van der Waals surface area contributed by atoms with E-state index in [9.17, 15) is 4.79 Å². The molecule has 4 heteroatoms. The van der Waals surface area contributed by atoms with Gasteiger partial charge in [-0.05, 0) is 17.7 Å². The fraction of sp³-hybridized carbons (Fsp3) is 0.100. The van der Waals surface area contributed by atoms with Crippen LogP contribution in [0.5, 0.6) is 0 Å². The minimum atomic E-state index is -0.256. The first-order valence-electron chi connectivity index (χ1n) is 4.13. The van der Waals surface area contributed by atoms with Crippen LogP contribution in [0, 0.1) is 0 Å². The molecule has 0 atom stereocenters. The minimum Gasteiger partial charge on any atom is -0.341 e. The highest BCUT2D eigenvalue weighted by atomic mass is 35.5. The van der Waals surface area contributed by atoms with Crippen molar-refractivity contribution in [2.24, 2.45) is 0 Å². The van der Waals surface area contributed by atoms with E-state index >= 15 is 0 Å². The molecule has 2 amide bonds. The summed E-state index contributed by atoms with van der Waals surface area (Å²) >= 11 is 5.89. The number of carbonyl (C=O) groups is 1. The molecule has 1 rings (SSSR count). The summed E-state index contributed by atoms with van der Waals surface area (Å²) in [7, 11) is 1.55. The van der Waals surface area contributed by atoms with Gasteiger partial charge in [-0.15, -0.1) is 0 Å². The van der Waals surface area contributed by atoms with E-state index < -0.39 is 0 Å². The first kappa shape index (κ1) is 10.6. The van der Waals surface area contributed by atoms with Gasteiger partial charge < -0.3 is 10.6 Å². The van der Waals surface area contributed by atoms with Crippen LogP contribution in [0.4, 0.5) is 4.79 Å². The lowest BCUT2D eigenvalue weighted by molar-refractivity contribution is 0.246. The topological polar surface area (TPSA) is 41.1 Å². The molecular weight excluding hydrogens is 200 g/mol. The second kappa shape index (κ2) is 5.29. The van der Waals surface area contributed by atoms with Gasteiger partial charge in [-0.1, -0.05) is 29.8 Å². The molecule has 0 radical (unpaired) electrons. The van der Waals surface area contributed by atoms with Gasteiger partial charge in [0.05, 0.1) is 0 Å². The lowest BCUT2D eigenvalue weighted by atomic mass is 10.2. The number of carbonyl (C=O) groups excluding carboxylic acids is 1. The van der Waals surface area contributed by atoms with E-state index in [1.54, 1.807) is 25.4 Å². The summed E-state index contributed by atoms with van der Waals surface area (Å²) in [5.74, 6) is 0. The van der Waals surface area contributed by atoms with E-state index in [2.05, 4.69) is 10.6 Å². The maximum Gasteiger partial charge on any atom is 0.318 e. The molecule has 0 aliphatic carbocycles. The Morgan fingerprint density at radius 1 is 1.43 bits per heavy atom. The Morgan fingerprint density at radius 2 is 2.14 bits per heavy atom. The molecule has 0 spiro atoms. The average Bonchev–Trinajstić information content (AvgIpc) is 2.20. The van der Waals surface area contributed by atoms with Gasteiger partial charge in [0.15, 0.2) is 0 Å². The Balaban J connectivity index is 2.60. The van der Waals surface area contributed by atoms with Crippen LogP contribution in [0.25, 0.3) is 6.08 Å². The zero-order chi connectivity index (χ0) is 10.4. The van der Waals surface area contributed by atoms with E-state index in [0.717, 1.165) is 5.56 Å². The smallest absolute Gasteiger partial charge is 0.318 e. The fourth-order valence-corrected chi connectivity index (χ4v) is 1.09. The Hall–Kier alpha value is -1.48. The number of benzene rings is 1. The van der Waals surface area contributed by atoms with Crippen molar-refractivity contribution in [2.45, 2.75) is 0 Å². The molecule has 1 aromatic rings. The third-order valence-corrected chi connectivity index (χ3v) is 1.95. The minimum absolute atomic E-state index is 0.256. The first-order chi connectivity index (χ1) is 6.74. The molecule has 0 heterocycles. The van der Waals surface area contributed by atoms with Crippen molar-refractivity contribution in [3.8, 4) is 0 Å². The third-order valence-electron chi connectivity index (χ3n) is 1.61. The van der Waals surface area contributed by atoms with E-state index in [1.807, 2.05) is 18.2 Å². The monoisotopic (exact) mass is 210 g/mol. The summed E-state index contributed by atoms with van der Waals surface area (Å²) < 4.78 is 0. The van der Waals surface area contributed by atoms with Crippen molar-refractivity contribution in [3.63, 3.8) is 0 Å². The van der Waals surface area contributed by atoms with Crippen LogP contribution in [0.1, 0.15) is 5.56 Å². The largest absolute Gasteiger partial charge is 0.341 e. The van der Waals surface area contributed by atoms with Crippen molar-refractivity contribution < 1.29 is 4.79 Å². The summed E-state index contributed by atoms with van der Waals surface area (Å²) in [6.07, 6.45) is 3.28. The maximum atomic E-state index is 10.8. The standard InChI is InChI=1S/C10H11ClN2O/c1-12-10(14)13-7-6-8-4-2-3-5-9(8)11/h2-7H,1H3,(H2,12,13,14)/b7-6+. The van der Waals surface area contributed by atoms with Crippen molar-refractivity contribution in [3.05, 3.63) is 41.1 Å². The third kappa shape index (κ3) is 3.11. The number of rotatable bonds is 2. The molecule has 0 saturated heterocycles. The number of hydrogen-bond acceptors (Lipinski definition) is 1. The Labute approximate surface area is 87.8 Å². The normalized spacial score (nSPS) is 10.1. The average molecular weight is 211 g/mol. The van der Waals surface area contributed by atoms with Gasteiger partial charge in [0, 0.05) is 18.3 Å². The van der Waals surface area contributed by atoms with Crippen LogP contribution in [0.2, 0.25) is 5.02 Å². The van der Waals surface area contributed by atoms with Crippen LogP contribution in [0.3, 0.4) is 0 Å². The number of hydrogen-bond donors (Lipinski definition) is 2. The summed E-state index contributed by atoms with van der Waals surface area (Å²) in [6.45, 7) is 0. The zero-order valence-electron chi connectivity index (χ0n) is 7.75. The predicted octanol–water partition coefficient (Wildman–Crippen LogP) is 2.24. The highest BCUT2D eigenvalue weighted by molar-refractivity contribution is 6.32. The van der Waals surface area contributed by atoms with Crippen molar-refractivity contribution in [1.82, 2.24) is 10.6 Å². The predicted molar refractivity (Wildman–Crippen MR) is 58.1 cm³/mol. The van der Waals surface area contributed by atoms with E-state index in [1.165, 1.54) is 0 Å². The molecule has 0 bridgehead atoms. The summed E-state index contributed by atoms with van der Waals surface area (Å²) in [5, 5.41) is 5.61. The molecule has 2 N–H and O–H groups in total. The number of nitrogens with one attached hydrogen (secondary N) is 2. The molecule has 0 aliphatic rings. The van der Waals surface area contributed by atoms with Crippen LogP contribution in [-0.2, 0) is 0 Å². The van der Waals surface area contributed by atoms with E-state index in [-0.39, 0.29) is 6.03 Å². The highest BCUT2D eigenvalue weighted by Gasteiger charge is 1.93. The first-order valence-corrected chi connectivity index (χ1v) is 4.51. The number of urea groups is 1. The summed E-state index contributed by atoms with van der Waals surface area (Å²) in [5.41, 5.74) is 0.866. The molecule has 74 valence electrons. The zero-order valence-corrected chi connectivity index (χ0v) is 8.51. The van der Waals surface area contributed by atoms with E-state index in [4.69, 9.17) is 11.6 Å². The van der Waals surface area contributed by atoms with E-state index in [0.29, 0.717) is 5.02 Å². The van der Waals surface area contributed by atoms with Crippen LogP contribution < -0.4 is 10.6 Å². The second-order valence-electron chi connectivity index (χ2n) is 2.58. The Morgan fingerprint density at radius 3 is 2.79 bits per heavy atom. The van der Waals surface area contributed by atoms with Crippen LogP contribution in [0.15, 0.2) is 30.5 Å². The SMILES string of the molecule is CNC(=O)N/C=C/c1ccccc1Cl. The quantitative estimate of drug-likeness (QED) is 0.773. The van der Waals surface area contributed by atoms with Crippen molar-refractivity contribution >= 4 is 23.7 Å². The maximum absolute atomic E-state index is 10.8. The number of halogens is 1. The van der Waals surface area contributed by atoms with Crippen LogP contribution >= 0.6 is 11.6 Å². The van der Waals surface area contributed by atoms with Gasteiger partial charge in [-0.3, -0.25) is 0 Å². The van der Waals surface area contributed by atoms with Gasteiger partial charge in [-0.25, -0.2) is 4.79 Å². The molecule has 0 aromatic heterocycles. The van der Waals surface area contributed by atoms with Crippen molar-refractivity contribution in [2.75, 3.05) is 7.05 Å². The Kier molecular flexibility index (Phi) is 4.01. The summed E-state index contributed by atoms with van der Waals surface area (Å²) in [4.78, 5) is 10.8. The second-order valence-corrected chi connectivity index (χ2v) is 2.99. The molecule has 14 heavy (non-hydrogen) atoms. The van der Waals surface area contributed by atoms with Crippen LogP contribution in [-0.4, -0.2) is 13.1 Å². The lowest BCUT2D eigenvalue weighted by Gasteiger charge is -1.98. The van der Waals surface area contributed by atoms with Gasteiger partial charge in [0.2, 0.25) is 0 Å². The molecule has 0 saturated carbocycles. The van der Waals surface area contributed by atoms with Gasteiger partial charge in [0.1, 0.15) is 0 Å². The summed E-state index contributed by atoms with van der Waals surface area (Å²) in [6, 6.07) is 7.14. The molecule has 0 unspecified atom stereocenters. The molecular formula is C10H11ClN2O. The molecule has 3 nitrogen and oxygen atoms in total. The van der Waals surface area contributed by atoms with Gasteiger partial charge in [-0.2, -0.15) is 0 Å². The van der Waals surface area contributed by atoms with Crippen molar-refractivity contribution in [1.29, 1.82) is 0 Å². The molecule has 1 aromatic carbocycles. The highest BCUT2D eigenvalue weighted by Crippen LogP contribution is 2.15. The van der Waals surface area contributed by atoms with Gasteiger partial charge >= 0.3 is 6.03 Å². The Bertz CT molecular complexity index is 350. The van der Waals surface area contributed by atoms with Gasteiger partial charge in [0.25, 0.3) is 0 Å². The number of amides is 2.